The lowest BCUT2D eigenvalue weighted by atomic mass is 10.1. The third kappa shape index (κ3) is 3.57. The van der Waals surface area contributed by atoms with Crippen LogP contribution < -0.4 is 0 Å². The molecule has 6 heteroatoms. The Kier molecular flexibility index (Phi) is 4.58. The number of hydrogen-bond acceptors (Lipinski definition) is 3. The van der Waals surface area contributed by atoms with Gasteiger partial charge in [-0.1, -0.05) is 0 Å². The Morgan fingerprint density at radius 2 is 2.23 bits per heavy atom. The highest BCUT2D eigenvalue weighted by Crippen LogP contribution is 2.22. The number of aryl methyl sites for hydroxylation is 2. The van der Waals surface area contributed by atoms with Gasteiger partial charge in [0.05, 0.1) is 19.3 Å². The average molecular weight is 302 g/mol. The third-order valence-electron chi connectivity index (χ3n) is 3.99. The molecule has 1 aliphatic rings. The van der Waals surface area contributed by atoms with E-state index in [2.05, 4.69) is 9.67 Å². The second kappa shape index (κ2) is 6.79. The highest BCUT2D eigenvalue weighted by atomic mass is 16.5. The van der Waals surface area contributed by atoms with Crippen molar-refractivity contribution in [2.45, 2.75) is 25.5 Å². The second-order valence-corrected chi connectivity index (χ2v) is 5.67. The number of aromatic nitrogens is 3. The van der Waals surface area contributed by atoms with Gasteiger partial charge in [-0.15, -0.1) is 0 Å². The summed E-state index contributed by atoms with van der Waals surface area (Å²) in [5.41, 5.74) is 1.03. The van der Waals surface area contributed by atoms with Crippen LogP contribution in [-0.4, -0.2) is 44.9 Å². The van der Waals surface area contributed by atoms with E-state index in [0.717, 1.165) is 18.5 Å². The highest BCUT2D eigenvalue weighted by molar-refractivity contribution is 5.76. The van der Waals surface area contributed by atoms with Gasteiger partial charge in [-0.3, -0.25) is 9.48 Å². The van der Waals surface area contributed by atoms with Gasteiger partial charge in [0, 0.05) is 50.7 Å². The molecule has 1 saturated heterocycles. The topological polar surface area (TPSA) is 52.3 Å². The summed E-state index contributed by atoms with van der Waals surface area (Å²) >= 11 is 0. The number of rotatable bonds is 5. The van der Waals surface area contributed by atoms with Gasteiger partial charge in [-0.05, 0) is 18.6 Å². The van der Waals surface area contributed by atoms with E-state index in [0.29, 0.717) is 26.1 Å². The summed E-state index contributed by atoms with van der Waals surface area (Å²) in [4.78, 5) is 14.3. The minimum atomic E-state index is -0.0594. The van der Waals surface area contributed by atoms with Gasteiger partial charge in [0.15, 0.2) is 0 Å². The van der Waals surface area contributed by atoms with Crippen molar-refractivity contribution < 1.29 is 9.53 Å². The Balaban J connectivity index is 1.49. The van der Waals surface area contributed by atoms with Crippen LogP contribution in [0.4, 0.5) is 0 Å². The molecular formula is C16H22N4O2. The van der Waals surface area contributed by atoms with Crippen LogP contribution in [0.1, 0.15) is 24.5 Å². The molecule has 1 aliphatic heterocycles. The molecule has 0 saturated carbocycles. The van der Waals surface area contributed by atoms with Crippen molar-refractivity contribution in [1.29, 1.82) is 0 Å². The van der Waals surface area contributed by atoms with Gasteiger partial charge in [-0.2, -0.15) is 5.10 Å². The molecule has 1 atom stereocenters. The Bertz CT molecular complexity index is 605. The Morgan fingerprint density at radius 3 is 2.95 bits per heavy atom. The quantitative estimate of drug-likeness (QED) is 0.843. The molecule has 2 aromatic rings. The van der Waals surface area contributed by atoms with E-state index in [1.165, 1.54) is 0 Å². The van der Waals surface area contributed by atoms with Crippen molar-refractivity contribution in [3.05, 3.63) is 42.5 Å². The van der Waals surface area contributed by atoms with Crippen LogP contribution in [0.15, 0.2) is 36.9 Å². The number of hydrogen-bond donors (Lipinski definition) is 0. The summed E-state index contributed by atoms with van der Waals surface area (Å²) in [6, 6.07) is 4.00. The van der Waals surface area contributed by atoms with Crippen LogP contribution in [0.3, 0.4) is 0 Å². The number of amides is 1. The largest absolute Gasteiger partial charge is 0.370 e. The van der Waals surface area contributed by atoms with Crippen molar-refractivity contribution in [1.82, 2.24) is 19.2 Å². The molecule has 1 amide bonds. The molecule has 0 bridgehead atoms. The fourth-order valence-corrected chi connectivity index (χ4v) is 2.77. The zero-order valence-corrected chi connectivity index (χ0v) is 12.9. The molecule has 6 nitrogen and oxygen atoms in total. The molecule has 0 aliphatic carbocycles. The Labute approximate surface area is 130 Å². The molecule has 2 aromatic heterocycles. The van der Waals surface area contributed by atoms with Crippen molar-refractivity contribution in [3.63, 3.8) is 0 Å². The van der Waals surface area contributed by atoms with E-state index in [1.54, 1.807) is 4.68 Å². The fourth-order valence-electron chi connectivity index (χ4n) is 2.77. The summed E-state index contributed by atoms with van der Waals surface area (Å²) < 4.78 is 9.63. The zero-order valence-electron chi connectivity index (χ0n) is 12.9. The van der Waals surface area contributed by atoms with Crippen molar-refractivity contribution in [2.24, 2.45) is 7.05 Å². The van der Waals surface area contributed by atoms with E-state index < -0.39 is 0 Å². The first-order valence-electron chi connectivity index (χ1n) is 7.71. The predicted octanol–water partition coefficient (Wildman–Crippen LogP) is 1.60. The third-order valence-corrected chi connectivity index (χ3v) is 3.99. The number of morpholine rings is 1. The molecule has 0 aromatic carbocycles. The summed E-state index contributed by atoms with van der Waals surface area (Å²) in [6.45, 7) is 2.77. The summed E-state index contributed by atoms with van der Waals surface area (Å²) in [5.74, 6) is 0.212. The first-order chi connectivity index (χ1) is 10.7. The van der Waals surface area contributed by atoms with Crippen LogP contribution in [0.25, 0.3) is 0 Å². The van der Waals surface area contributed by atoms with E-state index in [1.807, 2.05) is 48.9 Å². The van der Waals surface area contributed by atoms with Gasteiger partial charge >= 0.3 is 0 Å². The van der Waals surface area contributed by atoms with Gasteiger partial charge < -0.3 is 14.2 Å². The number of carbonyl (C=O) groups excluding carboxylic acids is 1. The van der Waals surface area contributed by atoms with Gasteiger partial charge in [0.1, 0.15) is 6.10 Å². The number of carbonyl (C=O) groups is 1. The lowest BCUT2D eigenvalue weighted by molar-refractivity contribution is -0.139. The van der Waals surface area contributed by atoms with Crippen LogP contribution >= 0.6 is 0 Å². The van der Waals surface area contributed by atoms with Crippen LogP contribution in [-0.2, 0) is 23.1 Å². The molecule has 0 spiro atoms. The van der Waals surface area contributed by atoms with Gasteiger partial charge in [0.25, 0.3) is 0 Å². The number of ether oxygens (including phenoxy) is 1. The Hall–Kier alpha value is -2.08. The van der Waals surface area contributed by atoms with Crippen molar-refractivity contribution in [3.8, 4) is 0 Å². The maximum Gasteiger partial charge on any atom is 0.222 e. The normalized spacial score (nSPS) is 18.6. The average Bonchev–Trinajstić information content (AvgIpc) is 3.19. The number of nitrogens with zero attached hydrogens (tertiary/aromatic N) is 4. The highest BCUT2D eigenvalue weighted by Gasteiger charge is 2.25. The fraction of sp³-hybridized carbons (Fsp3) is 0.500. The Morgan fingerprint density at radius 1 is 1.41 bits per heavy atom. The maximum absolute atomic E-state index is 12.3. The van der Waals surface area contributed by atoms with Gasteiger partial charge in [-0.25, -0.2) is 0 Å². The van der Waals surface area contributed by atoms with E-state index in [9.17, 15) is 4.79 Å². The predicted molar refractivity (Wildman–Crippen MR) is 82.1 cm³/mol. The SMILES string of the molecule is Cn1cc([C@@H]2CN(C(=O)CCCn3cccc3)CCO2)cn1. The van der Waals surface area contributed by atoms with Crippen LogP contribution in [0, 0.1) is 0 Å². The van der Waals surface area contributed by atoms with Crippen LogP contribution in [0.2, 0.25) is 0 Å². The molecule has 22 heavy (non-hydrogen) atoms. The summed E-state index contributed by atoms with van der Waals surface area (Å²) in [7, 11) is 1.89. The lowest BCUT2D eigenvalue weighted by Gasteiger charge is -2.32. The minimum absolute atomic E-state index is 0.0594. The van der Waals surface area contributed by atoms with E-state index in [4.69, 9.17) is 4.74 Å². The summed E-state index contributed by atoms with van der Waals surface area (Å²) in [5, 5.41) is 4.17. The first-order valence-corrected chi connectivity index (χ1v) is 7.71. The molecule has 3 heterocycles. The molecule has 118 valence electrons. The molecule has 3 rings (SSSR count). The summed E-state index contributed by atoms with van der Waals surface area (Å²) in [6.07, 6.45) is 9.20. The monoisotopic (exact) mass is 302 g/mol. The second-order valence-electron chi connectivity index (χ2n) is 5.67. The molecular weight excluding hydrogens is 280 g/mol. The van der Waals surface area contributed by atoms with Crippen molar-refractivity contribution >= 4 is 5.91 Å². The van der Waals surface area contributed by atoms with Crippen LogP contribution in [0.5, 0.6) is 0 Å². The minimum Gasteiger partial charge on any atom is -0.370 e. The maximum atomic E-state index is 12.3. The van der Waals surface area contributed by atoms with E-state index >= 15 is 0 Å². The molecule has 0 radical (unpaired) electrons. The standard InChI is InChI=1S/C16H22N4O2/c1-18-12-14(11-17-18)15-13-20(9-10-22-15)16(21)5-4-8-19-6-2-3-7-19/h2-3,6-7,11-12,15H,4-5,8-10,13H2,1H3/t15-/m0/s1. The molecule has 0 unspecified atom stereocenters. The lowest BCUT2D eigenvalue weighted by Crippen LogP contribution is -2.42. The molecule has 1 fully saturated rings. The van der Waals surface area contributed by atoms with E-state index in [-0.39, 0.29) is 12.0 Å². The van der Waals surface area contributed by atoms with Gasteiger partial charge in [0.2, 0.25) is 5.91 Å². The molecule has 0 N–H and O–H groups in total. The van der Waals surface area contributed by atoms with Crippen molar-refractivity contribution in [2.75, 3.05) is 19.7 Å². The zero-order chi connectivity index (χ0) is 15.4. The smallest absolute Gasteiger partial charge is 0.222 e. The first kappa shape index (κ1) is 14.8.